The number of hydrogen-bond acceptors (Lipinski definition) is 2. The van der Waals surface area contributed by atoms with E-state index in [4.69, 9.17) is 0 Å². The first-order valence-electron chi connectivity index (χ1n) is 7.13. The summed E-state index contributed by atoms with van der Waals surface area (Å²) in [6, 6.07) is 0. The predicted molar refractivity (Wildman–Crippen MR) is 83.5 cm³/mol. The van der Waals surface area contributed by atoms with Crippen molar-refractivity contribution >= 4 is 17.7 Å². The Balaban J connectivity index is 2.35. The number of nitrogens with one attached hydrogen (secondary N) is 2. The summed E-state index contributed by atoms with van der Waals surface area (Å²) in [5.74, 6) is 0.954. The second kappa shape index (κ2) is 7.93. The normalized spacial score (nSPS) is 20.8. The number of nitrogens with zero attached hydrogens (tertiary/aromatic N) is 1. The van der Waals surface area contributed by atoms with Crippen LogP contribution in [0.5, 0.6) is 0 Å². The molecule has 1 aliphatic carbocycles. The van der Waals surface area contributed by atoms with Gasteiger partial charge in [-0.05, 0) is 30.9 Å². The maximum atomic E-state index is 4.31. The van der Waals surface area contributed by atoms with Crippen LogP contribution in [0.2, 0.25) is 0 Å². The van der Waals surface area contributed by atoms with Crippen molar-refractivity contribution in [2.24, 2.45) is 10.4 Å². The van der Waals surface area contributed by atoms with Crippen molar-refractivity contribution in [1.29, 1.82) is 0 Å². The van der Waals surface area contributed by atoms with Gasteiger partial charge >= 0.3 is 0 Å². The smallest absolute Gasteiger partial charge is 0.191 e. The maximum Gasteiger partial charge on any atom is 0.191 e. The number of rotatable bonds is 6. The average Bonchev–Trinajstić information content (AvgIpc) is 2.88. The molecular weight excluding hydrogens is 242 g/mol. The van der Waals surface area contributed by atoms with E-state index in [1.54, 1.807) is 0 Å². The zero-order chi connectivity index (χ0) is 13.4. The summed E-state index contributed by atoms with van der Waals surface area (Å²) < 4.78 is 0. The highest BCUT2D eigenvalue weighted by Crippen LogP contribution is 2.40. The molecule has 0 aromatic heterocycles. The van der Waals surface area contributed by atoms with E-state index in [0.29, 0.717) is 10.7 Å². The molecule has 106 valence electrons. The van der Waals surface area contributed by atoms with Crippen molar-refractivity contribution in [2.45, 2.75) is 51.2 Å². The Bertz CT molecular complexity index is 260. The minimum atomic E-state index is 0.517. The summed E-state index contributed by atoms with van der Waals surface area (Å²) in [4.78, 5) is 4.31. The fourth-order valence-electron chi connectivity index (χ4n) is 2.60. The first kappa shape index (κ1) is 15.7. The molecule has 0 aromatic carbocycles. The van der Waals surface area contributed by atoms with Gasteiger partial charge in [0.25, 0.3) is 0 Å². The van der Waals surface area contributed by atoms with Gasteiger partial charge in [0.1, 0.15) is 0 Å². The van der Waals surface area contributed by atoms with Gasteiger partial charge < -0.3 is 10.6 Å². The molecule has 3 nitrogen and oxygen atoms in total. The van der Waals surface area contributed by atoms with Crippen LogP contribution in [0.4, 0.5) is 0 Å². The Hall–Kier alpha value is -0.380. The molecule has 0 heterocycles. The standard InChI is InChI=1S/C14H29N3S/c1-5-14(8-6-7-9-14)11-17-13(15-3)16-10-12(2)18-4/h12H,5-11H2,1-4H3,(H2,15,16,17). The Kier molecular flexibility index (Phi) is 6.90. The number of aliphatic imine (C=N–C) groups is 1. The third-order valence-electron chi connectivity index (χ3n) is 4.23. The van der Waals surface area contributed by atoms with E-state index in [2.05, 4.69) is 35.7 Å². The van der Waals surface area contributed by atoms with E-state index in [0.717, 1.165) is 19.0 Å². The van der Waals surface area contributed by atoms with Gasteiger partial charge in [-0.25, -0.2) is 0 Å². The average molecular weight is 271 g/mol. The minimum Gasteiger partial charge on any atom is -0.356 e. The summed E-state index contributed by atoms with van der Waals surface area (Å²) >= 11 is 1.88. The second-order valence-electron chi connectivity index (χ2n) is 5.41. The maximum absolute atomic E-state index is 4.31. The third-order valence-corrected chi connectivity index (χ3v) is 5.20. The Morgan fingerprint density at radius 1 is 1.33 bits per heavy atom. The van der Waals surface area contributed by atoms with Crippen molar-refractivity contribution in [1.82, 2.24) is 10.6 Å². The molecule has 1 saturated carbocycles. The van der Waals surface area contributed by atoms with E-state index in [1.165, 1.54) is 32.1 Å². The van der Waals surface area contributed by atoms with E-state index in [-0.39, 0.29) is 0 Å². The lowest BCUT2D eigenvalue weighted by atomic mass is 9.83. The third kappa shape index (κ3) is 4.71. The van der Waals surface area contributed by atoms with Crippen LogP contribution in [0.3, 0.4) is 0 Å². The molecule has 0 radical (unpaired) electrons. The fraction of sp³-hybridized carbons (Fsp3) is 0.929. The molecule has 0 saturated heterocycles. The van der Waals surface area contributed by atoms with Gasteiger partial charge in [0.05, 0.1) is 0 Å². The molecule has 1 rings (SSSR count). The van der Waals surface area contributed by atoms with Crippen LogP contribution in [0, 0.1) is 5.41 Å². The van der Waals surface area contributed by atoms with Gasteiger partial charge in [-0.3, -0.25) is 4.99 Å². The number of hydrogen-bond donors (Lipinski definition) is 2. The molecule has 2 N–H and O–H groups in total. The van der Waals surface area contributed by atoms with Crippen molar-refractivity contribution in [3.05, 3.63) is 0 Å². The van der Waals surface area contributed by atoms with Gasteiger partial charge in [-0.15, -0.1) is 0 Å². The Labute approximate surface area is 117 Å². The molecule has 1 atom stereocenters. The van der Waals surface area contributed by atoms with Crippen LogP contribution in [0.25, 0.3) is 0 Å². The molecule has 0 bridgehead atoms. The largest absolute Gasteiger partial charge is 0.356 e. The van der Waals surface area contributed by atoms with E-state index in [9.17, 15) is 0 Å². The molecule has 0 aromatic rings. The Morgan fingerprint density at radius 3 is 2.50 bits per heavy atom. The Morgan fingerprint density at radius 2 is 2.00 bits per heavy atom. The van der Waals surface area contributed by atoms with Crippen molar-refractivity contribution in [3.63, 3.8) is 0 Å². The molecule has 18 heavy (non-hydrogen) atoms. The van der Waals surface area contributed by atoms with E-state index < -0.39 is 0 Å². The topological polar surface area (TPSA) is 36.4 Å². The molecule has 1 aliphatic rings. The summed E-state index contributed by atoms with van der Waals surface area (Å²) in [5, 5.41) is 7.54. The molecule has 1 unspecified atom stereocenters. The predicted octanol–water partition coefficient (Wildman–Crippen LogP) is 2.87. The number of guanidine groups is 1. The summed E-state index contributed by atoms with van der Waals surface area (Å²) in [6.07, 6.45) is 8.95. The van der Waals surface area contributed by atoms with Gasteiger partial charge in [-0.2, -0.15) is 11.8 Å². The van der Waals surface area contributed by atoms with Gasteiger partial charge in [0.15, 0.2) is 5.96 Å². The highest BCUT2D eigenvalue weighted by atomic mass is 32.2. The van der Waals surface area contributed by atoms with Crippen LogP contribution in [-0.2, 0) is 0 Å². The molecule has 0 amide bonds. The quantitative estimate of drug-likeness (QED) is 0.576. The lowest BCUT2D eigenvalue weighted by Crippen LogP contribution is -2.44. The minimum absolute atomic E-state index is 0.517. The van der Waals surface area contributed by atoms with Crippen molar-refractivity contribution in [2.75, 3.05) is 26.4 Å². The highest BCUT2D eigenvalue weighted by Gasteiger charge is 2.31. The van der Waals surface area contributed by atoms with Gasteiger partial charge in [0.2, 0.25) is 0 Å². The van der Waals surface area contributed by atoms with E-state index in [1.807, 2.05) is 18.8 Å². The molecular formula is C14H29N3S. The lowest BCUT2D eigenvalue weighted by Gasteiger charge is -2.28. The van der Waals surface area contributed by atoms with Crippen molar-refractivity contribution in [3.8, 4) is 0 Å². The summed E-state index contributed by atoms with van der Waals surface area (Å²) in [5.41, 5.74) is 0.517. The van der Waals surface area contributed by atoms with Gasteiger partial charge in [-0.1, -0.05) is 26.7 Å². The van der Waals surface area contributed by atoms with Crippen LogP contribution < -0.4 is 10.6 Å². The first-order valence-corrected chi connectivity index (χ1v) is 8.42. The second-order valence-corrected chi connectivity index (χ2v) is 6.69. The first-order chi connectivity index (χ1) is 8.65. The fourth-order valence-corrected chi connectivity index (χ4v) is 2.85. The van der Waals surface area contributed by atoms with Gasteiger partial charge in [0, 0.05) is 25.4 Å². The number of thioether (sulfide) groups is 1. The lowest BCUT2D eigenvalue weighted by molar-refractivity contribution is 0.283. The van der Waals surface area contributed by atoms with Crippen LogP contribution >= 0.6 is 11.8 Å². The summed E-state index contributed by atoms with van der Waals surface area (Å²) in [7, 11) is 1.85. The monoisotopic (exact) mass is 271 g/mol. The molecule has 0 spiro atoms. The zero-order valence-electron chi connectivity index (χ0n) is 12.4. The SMILES string of the molecule is CCC1(CNC(=NC)NCC(C)SC)CCCC1. The van der Waals surface area contributed by atoms with Crippen LogP contribution in [0.15, 0.2) is 4.99 Å². The summed E-state index contributed by atoms with van der Waals surface area (Å²) in [6.45, 7) is 6.59. The van der Waals surface area contributed by atoms with Crippen LogP contribution in [-0.4, -0.2) is 37.6 Å². The molecule has 1 fully saturated rings. The molecule has 4 heteroatoms. The van der Waals surface area contributed by atoms with E-state index >= 15 is 0 Å². The van der Waals surface area contributed by atoms with Crippen molar-refractivity contribution < 1.29 is 0 Å². The van der Waals surface area contributed by atoms with Crippen LogP contribution in [0.1, 0.15) is 46.0 Å². The zero-order valence-corrected chi connectivity index (χ0v) is 13.2. The molecule has 0 aliphatic heterocycles. The highest BCUT2D eigenvalue weighted by molar-refractivity contribution is 7.99.